The molecule has 2 aromatic heterocycles. The highest BCUT2D eigenvalue weighted by Crippen LogP contribution is 2.29. The maximum absolute atomic E-state index is 12.5. The Hall–Kier alpha value is -3.09. The summed E-state index contributed by atoms with van der Waals surface area (Å²) in [6, 6.07) is 9.54. The molecule has 1 aliphatic rings. The van der Waals surface area contributed by atoms with Crippen molar-refractivity contribution in [3.8, 4) is 5.75 Å². The summed E-state index contributed by atoms with van der Waals surface area (Å²) < 4.78 is 16.2. The van der Waals surface area contributed by atoms with Gasteiger partial charge >= 0.3 is 0 Å². The number of nitrogens with zero attached hydrogens (tertiary/aromatic N) is 3. The number of rotatable bonds is 5. The van der Waals surface area contributed by atoms with E-state index in [9.17, 15) is 4.79 Å². The summed E-state index contributed by atoms with van der Waals surface area (Å²) in [6.07, 6.45) is 0.538. The molecule has 0 spiro atoms. The Labute approximate surface area is 156 Å². The molecule has 3 heterocycles. The smallest absolute Gasteiger partial charge is 0.257 e. The first-order chi connectivity index (χ1) is 13.0. The molecule has 4 rings (SSSR count). The van der Waals surface area contributed by atoms with Gasteiger partial charge in [0.2, 0.25) is 5.89 Å². The number of hydrogen-bond donors (Lipinski definition) is 0. The highest BCUT2D eigenvalue weighted by Gasteiger charge is 2.37. The lowest BCUT2D eigenvalue weighted by Crippen LogP contribution is -2.48. The third-order valence-electron chi connectivity index (χ3n) is 4.81. The van der Waals surface area contributed by atoms with Crippen LogP contribution in [0.1, 0.15) is 45.1 Å². The standard InChI is InChI=1S/C20H21N3O4/c1-12-8-16(13(2)26-12)20(24)23-10-15(11-23)19-21-18(22-27-19)9-14-6-4-5-7-17(14)25-3/h4-8,15H,9-11H2,1-3H3. The quantitative estimate of drug-likeness (QED) is 0.689. The van der Waals surface area contributed by atoms with Crippen molar-refractivity contribution in [3.05, 3.63) is 64.7 Å². The molecule has 7 heteroatoms. The van der Waals surface area contributed by atoms with Gasteiger partial charge in [-0.05, 0) is 26.0 Å². The van der Waals surface area contributed by atoms with Crippen LogP contribution in [0.25, 0.3) is 0 Å². The van der Waals surface area contributed by atoms with Crippen LogP contribution in [-0.2, 0) is 6.42 Å². The van der Waals surface area contributed by atoms with Gasteiger partial charge < -0.3 is 18.6 Å². The number of carbonyl (C=O) groups excluding carboxylic acids is 1. The van der Waals surface area contributed by atoms with Gasteiger partial charge in [-0.15, -0.1) is 0 Å². The molecule has 140 valence electrons. The Morgan fingerprint density at radius 1 is 1.30 bits per heavy atom. The van der Waals surface area contributed by atoms with E-state index in [4.69, 9.17) is 13.7 Å². The summed E-state index contributed by atoms with van der Waals surface area (Å²) in [5, 5.41) is 4.08. The summed E-state index contributed by atoms with van der Waals surface area (Å²) in [6.45, 7) is 4.78. The molecule has 0 aliphatic carbocycles. The van der Waals surface area contributed by atoms with E-state index in [1.165, 1.54) is 0 Å². The summed E-state index contributed by atoms with van der Waals surface area (Å²) in [5.41, 5.74) is 1.62. The van der Waals surface area contributed by atoms with Gasteiger partial charge in [-0.2, -0.15) is 4.98 Å². The van der Waals surface area contributed by atoms with E-state index in [2.05, 4.69) is 10.1 Å². The van der Waals surface area contributed by atoms with Gasteiger partial charge in [0.25, 0.3) is 5.91 Å². The third kappa shape index (κ3) is 3.32. The summed E-state index contributed by atoms with van der Waals surface area (Å²) in [7, 11) is 1.64. The number of aromatic nitrogens is 2. The maximum Gasteiger partial charge on any atom is 0.257 e. The van der Waals surface area contributed by atoms with Gasteiger partial charge in [-0.1, -0.05) is 23.4 Å². The average Bonchev–Trinajstić information content (AvgIpc) is 3.20. The molecule has 1 amide bonds. The Morgan fingerprint density at radius 3 is 2.78 bits per heavy atom. The minimum absolute atomic E-state index is 0.0191. The fourth-order valence-corrected chi connectivity index (χ4v) is 3.34. The Balaban J connectivity index is 1.39. The summed E-state index contributed by atoms with van der Waals surface area (Å²) >= 11 is 0. The molecule has 0 atom stereocenters. The number of aryl methyl sites for hydroxylation is 2. The van der Waals surface area contributed by atoms with Crippen molar-refractivity contribution in [2.24, 2.45) is 0 Å². The van der Waals surface area contributed by atoms with E-state index < -0.39 is 0 Å². The van der Waals surface area contributed by atoms with Crippen LogP contribution >= 0.6 is 0 Å². The second-order valence-corrected chi connectivity index (χ2v) is 6.77. The predicted molar refractivity (Wildman–Crippen MR) is 96.9 cm³/mol. The van der Waals surface area contributed by atoms with E-state index in [1.54, 1.807) is 25.0 Å². The number of carbonyl (C=O) groups is 1. The Kier molecular flexibility index (Phi) is 4.43. The molecule has 0 N–H and O–H groups in total. The molecule has 1 aliphatic heterocycles. The van der Waals surface area contributed by atoms with Gasteiger partial charge in [0.1, 0.15) is 17.3 Å². The maximum atomic E-state index is 12.5. The van der Waals surface area contributed by atoms with Crippen LogP contribution in [0.5, 0.6) is 5.75 Å². The number of methoxy groups -OCH3 is 1. The number of benzene rings is 1. The van der Waals surface area contributed by atoms with Gasteiger partial charge in [-0.25, -0.2) is 0 Å². The van der Waals surface area contributed by atoms with E-state index in [-0.39, 0.29) is 11.8 Å². The van der Waals surface area contributed by atoms with Crippen LogP contribution in [0.3, 0.4) is 0 Å². The highest BCUT2D eigenvalue weighted by atomic mass is 16.5. The zero-order valence-electron chi connectivity index (χ0n) is 15.6. The minimum Gasteiger partial charge on any atom is -0.496 e. The van der Waals surface area contributed by atoms with Crippen LogP contribution in [0, 0.1) is 13.8 Å². The lowest BCUT2D eigenvalue weighted by Gasteiger charge is -2.36. The number of furan rings is 1. The molecular formula is C20H21N3O4. The largest absolute Gasteiger partial charge is 0.496 e. The average molecular weight is 367 g/mol. The van der Waals surface area contributed by atoms with Gasteiger partial charge in [0.05, 0.1) is 18.6 Å². The lowest BCUT2D eigenvalue weighted by molar-refractivity contribution is 0.0567. The number of para-hydroxylation sites is 1. The Bertz CT molecular complexity index is 969. The van der Waals surface area contributed by atoms with E-state index >= 15 is 0 Å². The lowest BCUT2D eigenvalue weighted by atomic mass is 9.99. The van der Waals surface area contributed by atoms with E-state index in [1.807, 2.05) is 31.2 Å². The van der Waals surface area contributed by atoms with Gasteiger partial charge in [-0.3, -0.25) is 4.79 Å². The molecule has 7 nitrogen and oxygen atoms in total. The second-order valence-electron chi connectivity index (χ2n) is 6.77. The summed E-state index contributed by atoms with van der Waals surface area (Å²) in [4.78, 5) is 18.8. The second kappa shape index (κ2) is 6.90. The van der Waals surface area contributed by atoms with E-state index in [0.29, 0.717) is 42.5 Å². The number of likely N-dealkylation sites (tertiary alicyclic amines) is 1. The van der Waals surface area contributed by atoms with Crippen molar-refractivity contribution < 1.29 is 18.5 Å². The summed E-state index contributed by atoms with van der Waals surface area (Å²) in [5.74, 6) is 3.43. The first kappa shape index (κ1) is 17.3. The number of amides is 1. The zero-order valence-corrected chi connectivity index (χ0v) is 15.6. The number of hydrogen-bond acceptors (Lipinski definition) is 6. The van der Waals surface area contributed by atoms with Crippen LogP contribution in [0.2, 0.25) is 0 Å². The first-order valence-electron chi connectivity index (χ1n) is 8.86. The van der Waals surface area contributed by atoms with Crippen molar-refractivity contribution in [2.75, 3.05) is 20.2 Å². The fraction of sp³-hybridized carbons (Fsp3) is 0.350. The van der Waals surface area contributed by atoms with Crippen molar-refractivity contribution in [3.63, 3.8) is 0 Å². The highest BCUT2D eigenvalue weighted by molar-refractivity contribution is 5.95. The Morgan fingerprint density at radius 2 is 2.07 bits per heavy atom. The SMILES string of the molecule is COc1ccccc1Cc1noc(C2CN(C(=O)c3cc(C)oc3C)C2)n1. The predicted octanol–water partition coefficient (Wildman–Crippen LogP) is 3.12. The first-order valence-corrected chi connectivity index (χ1v) is 8.86. The molecule has 0 radical (unpaired) electrons. The van der Waals surface area contributed by atoms with Crippen LogP contribution in [-0.4, -0.2) is 41.1 Å². The normalized spacial score (nSPS) is 14.3. The molecule has 1 aromatic carbocycles. The van der Waals surface area contributed by atoms with Gasteiger partial charge in [0, 0.05) is 25.1 Å². The van der Waals surface area contributed by atoms with Crippen LogP contribution in [0.15, 0.2) is 39.3 Å². The van der Waals surface area contributed by atoms with Crippen molar-refractivity contribution >= 4 is 5.91 Å². The van der Waals surface area contributed by atoms with Gasteiger partial charge in [0.15, 0.2) is 5.82 Å². The van der Waals surface area contributed by atoms with E-state index in [0.717, 1.165) is 17.1 Å². The zero-order chi connectivity index (χ0) is 19.0. The van der Waals surface area contributed by atoms with Crippen LogP contribution in [0.4, 0.5) is 0 Å². The topological polar surface area (TPSA) is 81.6 Å². The molecule has 0 bridgehead atoms. The minimum atomic E-state index is -0.0191. The molecular weight excluding hydrogens is 346 g/mol. The van der Waals surface area contributed by atoms with Crippen LogP contribution < -0.4 is 4.74 Å². The van der Waals surface area contributed by atoms with Crippen molar-refractivity contribution in [1.82, 2.24) is 15.0 Å². The number of ether oxygens (including phenoxy) is 1. The third-order valence-corrected chi connectivity index (χ3v) is 4.81. The molecule has 0 unspecified atom stereocenters. The van der Waals surface area contributed by atoms with Crippen molar-refractivity contribution in [2.45, 2.75) is 26.2 Å². The fourth-order valence-electron chi connectivity index (χ4n) is 3.34. The molecule has 1 saturated heterocycles. The molecule has 0 saturated carbocycles. The monoisotopic (exact) mass is 367 g/mol. The molecule has 1 fully saturated rings. The molecule has 27 heavy (non-hydrogen) atoms. The van der Waals surface area contributed by atoms with Crippen molar-refractivity contribution in [1.29, 1.82) is 0 Å². The molecule has 3 aromatic rings.